The fourth-order valence-electron chi connectivity index (χ4n) is 2.78. The Morgan fingerprint density at radius 3 is 2.52 bits per heavy atom. The van der Waals surface area contributed by atoms with E-state index in [2.05, 4.69) is 0 Å². The molecule has 25 heavy (non-hydrogen) atoms. The molecule has 0 aliphatic carbocycles. The fraction of sp³-hybridized carbons (Fsp3) is 0.471. The van der Waals surface area contributed by atoms with Crippen LogP contribution in [0.2, 0.25) is 0 Å². The summed E-state index contributed by atoms with van der Waals surface area (Å²) < 4.78 is 15.3. The molecule has 1 fully saturated rings. The van der Waals surface area contributed by atoms with E-state index >= 15 is 0 Å². The molecule has 0 saturated carbocycles. The number of likely N-dealkylation sites (tertiary alicyclic amines) is 1. The van der Waals surface area contributed by atoms with Gasteiger partial charge in [0, 0.05) is 6.54 Å². The van der Waals surface area contributed by atoms with Gasteiger partial charge in [-0.2, -0.15) is 0 Å². The van der Waals surface area contributed by atoms with Crippen LogP contribution in [0.1, 0.15) is 29.6 Å². The third kappa shape index (κ3) is 4.40. The van der Waals surface area contributed by atoms with Crippen molar-refractivity contribution in [2.24, 2.45) is 5.73 Å². The molecule has 0 unspecified atom stereocenters. The van der Waals surface area contributed by atoms with Gasteiger partial charge in [-0.3, -0.25) is 9.59 Å². The summed E-state index contributed by atoms with van der Waals surface area (Å²) in [6.45, 7) is -0.0166. The van der Waals surface area contributed by atoms with Crippen molar-refractivity contribution in [2.45, 2.75) is 25.3 Å². The lowest BCUT2D eigenvalue weighted by atomic mass is 10.0. The van der Waals surface area contributed by atoms with Crippen molar-refractivity contribution in [3.05, 3.63) is 23.8 Å². The maximum absolute atomic E-state index is 12.3. The fourth-order valence-corrected chi connectivity index (χ4v) is 2.78. The average molecular weight is 350 g/mol. The van der Waals surface area contributed by atoms with Crippen LogP contribution in [0, 0.1) is 0 Å². The van der Waals surface area contributed by atoms with Gasteiger partial charge in [0.05, 0.1) is 19.8 Å². The minimum atomic E-state index is -0.665. The lowest BCUT2D eigenvalue weighted by Crippen LogP contribution is -2.51. The maximum atomic E-state index is 12.3. The van der Waals surface area contributed by atoms with Crippen LogP contribution in [0.5, 0.6) is 11.5 Å². The number of nitrogens with zero attached hydrogens (tertiary/aromatic N) is 1. The van der Waals surface area contributed by atoms with Crippen LogP contribution in [0.25, 0.3) is 0 Å². The highest BCUT2D eigenvalue weighted by Crippen LogP contribution is 2.27. The molecule has 1 heterocycles. The van der Waals surface area contributed by atoms with E-state index in [9.17, 15) is 14.4 Å². The Balaban J connectivity index is 1.99. The molecule has 0 radical (unpaired) electrons. The molecule has 8 nitrogen and oxygen atoms in total. The largest absolute Gasteiger partial charge is 0.493 e. The van der Waals surface area contributed by atoms with Gasteiger partial charge in [0.1, 0.15) is 6.04 Å². The van der Waals surface area contributed by atoms with Gasteiger partial charge in [0.15, 0.2) is 18.1 Å². The summed E-state index contributed by atoms with van der Waals surface area (Å²) >= 11 is 0. The number of hydrogen-bond donors (Lipinski definition) is 1. The van der Waals surface area contributed by atoms with Gasteiger partial charge in [-0.05, 0) is 37.5 Å². The Hall–Kier alpha value is -2.77. The Labute approximate surface area is 145 Å². The predicted octanol–water partition coefficient (Wildman–Crippen LogP) is 0.727. The van der Waals surface area contributed by atoms with Gasteiger partial charge < -0.3 is 24.8 Å². The number of esters is 1. The molecule has 1 aromatic rings. The van der Waals surface area contributed by atoms with Crippen molar-refractivity contribution in [3.63, 3.8) is 0 Å². The number of carbonyl (C=O) groups is 3. The van der Waals surface area contributed by atoms with Gasteiger partial charge in [-0.25, -0.2) is 4.79 Å². The molecule has 136 valence electrons. The topological polar surface area (TPSA) is 108 Å². The third-order valence-corrected chi connectivity index (χ3v) is 4.10. The van der Waals surface area contributed by atoms with E-state index in [-0.39, 0.29) is 5.56 Å². The second-order valence-electron chi connectivity index (χ2n) is 5.65. The van der Waals surface area contributed by atoms with Gasteiger partial charge >= 0.3 is 5.97 Å². The number of benzene rings is 1. The summed E-state index contributed by atoms with van der Waals surface area (Å²) in [5.74, 6) is -0.778. The Kier molecular flexibility index (Phi) is 6.21. The molecule has 1 aromatic carbocycles. The molecule has 2 amide bonds. The van der Waals surface area contributed by atoms with Gasteiger partial charge in [-0.15, -0.1) is 0 Å². The first-order valence-electron chi connectivity index (χ1n) is 7.96. The summed E-state index contributed by atoms with van der Waals surface area (Å²) in [7, 11) is 2.94. The number of nitrogens with two attached hydrogens (primary N) is 1. The van der Waals surface area contributed by atoms with Gasteiger partial charge in [0.25, 0.3) is 5.91 Å². The molecular weight excluding hydrogens is 328 g/mol. The standard InChI is InChI=1S/C17H22N2O6/c1-23-13-7-6-11(9-14(13)24-2)17(22)25-10-15(20)19-8-4-3-5-12(19)16(18)21/h6-7,9,12H,3-5,8,10H2,1-2H3,(H2,18,21)/t12-/m1/s1. The van der Waals surface area contributed by atoms with E-state index < -0.39 is 30.4 Å². The minimum Gasteiger partial charge on any atom is -0.493 e. The molecule has 1 atom stereocenters. The van der Waals surface area contributed by atoms with Crippen LogP contribution in [0.3, 0.4) is 0 Å². The first-order valence-corrected chi connectivity index (χ1v) is 7.96. The Morgan fingerprint density at radius 2 is 1.88 bits per heavy atom. The lowest BCUT2D eigenvalue weighted by molar-refractivity contribution is -0.143. The number of hydrogen-bond acceptors (Lipinski definition) is 6. The zero-order valence-corrected chi connectivity index (χ0v) is 14.3. The zero-order chi connectivity index (χ0) is 18.4. The molecule has 0 aromatic heterocycles. The number of rotatable bonds is 6. The molecular formula is C17H22N2O6. The molecule has 0 spiro atoms. The van der Waals surface area contributed by atoms with Crippen molar-refractivity contribution in [1.29, 1.82) is 0 Å². The smallest absolute Gasteiger partial charge is 0.338 e. The number of amides is 2. The van der Waals surface area contributed by atoms with Crippen molar-refractivity contribution in [2.75, 3.05) is 27.4 Å². The molecule has 1 aliphatic rings. The van der Waals surface area contributed by atoms with Crippen molar-refractivity contribution in [3.8, 4) is 11.5 Å². The number of ether oxygens (including phenoxy) is 3. The predicted molar refractivity (Wildman–Crippen MR) is 88.4 cm³/mol. The summed E-state index contributed by atoms with van der Waals surface area (Å²) in [6.07, 6.45) is 2.16. The molecule has 8 heteroatoms. The molecule has 1 aliphatic heterocycles. The van der Waals surface area contributed by atoms with E-state index in [1.807, 2.05) is 0 Å². The highest BCUT2D eigenvalue weighted by Gasteiger charge is 2.31. The van der Waals surface area contributed by atoms with Crippen LogP contribution in [0.4, 0.5) is 0 Å². The monoisotopic (exact) mass is 350 g/mol. The number of carbonyl (C=O) groups excluding carboxylic acids is 3. The Morgan fingerprint density at radius 1 is 1.16 bits per heavy atom. The van der Waals surface area contributed by atoms with Crippen LogP contribution in [-0.4, -0.2) is 56.1 Å². The average Bonchev–Trinajstić information content (AvgIpc) is 2.65. The Bertz CT molecular complexity index is 661. The SMILES string of the molecule is COc1ccc(C(=O)OCC(=O)N2CCCC[C@@H]2C(N)=O)cc1OC. The second-order valence-corrected chi connectivity index (χ2v) is 5.65. The van der Waals surface area contributed by atoms with E-state index in [4.69, 9.17) is 19.9 Å². The summed E-state index contributed by atoms with van der Waals surface area (Å²) in [5.41, 5.74) is 5.57. The maximum Gasteiger partial charge on any atom is 0.338 e. The van der Waals surface area contributed by atoms with E-state index in [1.54, 1.807) is 6.07 Å². The molecule has 1 saturated heterocycles. The van der Waals surface area contributed by atoms with E-state index in [0.29, 0.717) is 24.5 Å². The van der Waals surface area contributed by atoms with Crippen molar-refractivity contribution in [1.82, 2.24) is 4.90 Å². The van der Waals surface area contributed by atoms with Crippen molar-refractivity contribution >= 4 is 17.8 Å². The quantitative estimate of drug-likeness (QED) is 0.758. The number of piperidine rings is 1. The number of methoxy groups -OCH3 is 2. The van der Waals surface area contributed by atoms with Gasteiger partial charge in [-0.1, -0.05) is 0 Å². The van der Waals surface area contributed by atoms with Crippen LogP contribution in [0.15, 0.2) is 18.2 Å². The minimum absolute atomic E-state index is 0.232. The third-order valence-electron chi connectivity index (χ3n) is 4.10. The van der Waals surface area contributed by atoms with Gasteiger partial charge in [0.2, 0.25) is 5.91 Å². The van der Waals surface area contributed by atoms with Crippen LogP contribution < -0.4 is 15.2 Å². The molecule has 2 rings (SSSR count). The summed E-state index contributed by atoms with van der Waals surface area (Å²) in [4.78, 5) is 37.2. The lowest BCUT2D eigenvalue weighted by Gasteiger charge is -2.33. The molecule has 2 N–H and O–H groups in total. The van der Waals surface area contributed by atoms with Crippen LogP contribution >= 0.6 is 0 Å². The summed E-state index contributed by atoms with van der Waals surface area (Å²) in [6, 6.07) is 3.92. The van der Waals surface area contributed by atoms with E-state index in [0.717, 1.165) is 12.8 Å². The second kappa shape index (κ2) is 8.36. The first kappa shape index (κ1) is 18.6. The summed E-state index contributed by atoms with van der Waals surface area (Å²) in [5, 5.41) is 0. The normalized spacial score (nSPS) is 16.9. The van der Waals surface area contributed by atoms with E-state index in [1.165, 1.54) is 31.3 Å². The highest BCUT2D eigenvalue weighted by atomic mass is 16.5. The molecule has 0 bridgehead atoms. The highest BCUT2D eigenvalue weighted by molar-refractivity contribution is 5.93. The zero-order valence-electron chi connectivity index (χ0n) is 14.3. The van der Waals surface area contributed by atoms with Crippen molar-refractivity contribution < 1.29 is 28.6 Å². The first-order chi connectivity index (χ1) is 12.0. The number of primary amides is 1. The van der Waals surface area contributed by atoms with Crippen LogP contribution in [-0.2, 0) is 14.3 Å².